The predicted molar refractivity (Wildman–Crippen MR) is 128 cm³/mol. The van der Waals surface area contributed by atoms with Crippen LogP contribution in [0.1, 0.15) is 40.9 Å². The molecule has 0 fully saturated rings. The highest BCUT2D eigenvalue weighted by Gasteiger charge is 2.44. The minimum Gasteiger partial charge on any atom is -0.504 e. The number of phenolic OH excluding ortho intramolecular Hbond substituents is 1. The van der Waals surface area contributed by atoms with Crippen LogP contribution in [-0.4, -0.2) is 41.9 Å². The molecule has 0 saturated heterocycles. The van der Waals surface area contributed by atoms with Crippen LogP contribution in [0.15, 0.2) is 66.7 Å². The van der Waals surface area contributed by atoms with E-state index in [0.717, 1.165) is 36.3 Å². The molecule has 33 heavy (non-hydrogen) atoms. The maximum absolute atomic E-state index is 13.6. The van der Waals surface area contributed by atoms with Crippen LogP contribution in [0.4, 0.5) is 11.4 Å². The summed E-state index contributed by atoms with van der Waals surface area (Å²) < 4.78 is 5.11. The normalized spacial score (nSPS) is 21.8. The van der Waals surface area contributed by atoms with E-state index in [9.17, 15) is 15.0 Å². The lowest BCUT2D eigenvalue weighted by Crippen LogP contribution is -2.55. The van der Waals surface area contributed by atoms with Crippen molar-refractivity contribution in [3.05, 3.63) is 83.4 Å². The Hall–Kier alpha value is -3.51. The largest absolute Gasteiger partial charge is 0.504 e. The molecular formula is C27H28N2O4. The molecule has 170 valence electrons. The van der Waals surface area contributed by atoms with Crippen LogP contribution >= 0.6 is 0 Å². The van der Waals surface area contributed by atoms with Crippen LogP contribution in [0.3, 0.4) is 0 Å². The standard InChI is InChI=1S/C27H28N2O4/c1-17-26(31)25(28-15-7-9-18-8-3-5-11-21(18)28)20-10-4-6-12-22(20)29(17)27(32)19-13-14-24(33-2)23(30)16-19/h3-6,8,10-14,16-17,25-26,30-31H,7,9,15H2,1-2H3. The second-order valence-electron chi connectivity index (χ2n) is 8.72. The van der Waals surface area contributed by atoms with Crippen molar-refractivity contribution in [2.75, 3.05) is 23.5 Å². The first-order valence-electron chi connectivity index (χ1n) is 11.3. The van der Waals surface area contributed by atoms with Crippen molar-refractivity contribution >= 4 is 17.3 Å². The van der Waals surface area contributed by atoms with Gasteiger partial charge in [-0.25, -0.2) is 0 Å². The number of ether oxygens (including phenoxy) is 1. The first-order chi connectivity index (χ1) is 16.0. The van der Waals surface area contributed by atoms with E-state index >= 15 is 0 Å². The number of carbonyl (C=O) groups excluding carboxylic acids is 1. The minimum atomic E-state index is -0.790. The van der Waals surface area contributed by atoms with Gasteiger partial charge in [-0.05, 0) is 55.7 Å². The summed E-state index contributed by atoms with van der Waals surface area (Å²) in [6.07, 6.45) is 1.25. The van der Waals surface area contributed by atoms with Gasteiger partial charge in [0, 0.05) is 29.0 Å². The van der Waals surface area contributed by atoms with Crippen molar-refractivity contribution in [2.45, 2.75) is 38.0 Å². The number of para-hydroxylation sites is 2. The van der Waals surface area contributed by atoms with Crippen molar-refractivity contribution in [3.63, 3.8) is 0 Å². The SMILES string of the molecule is COc1ccc(C(=O)N2c3ccccc3C(N3CCCc4ccccc43)C(O)C2C)cc1O. The lowest BCUT2D eigenvalue weighted by atomic mass is 9.85. The van der Waals surface area contributed by atoms with Gasteiger partial charge in [0.25, 0.3) is 5.91 Å². The van der Waals surface area contributed by atoms with Crippen molar-refractivity contribution in [1.82, 2.24) is 0 Å². The van der Waals surface area contributed by atoms with Gasteiger partial charge in [0.1, 0.15) is 0 Å². The van der Waals surface area contributed by atoms with E-state index in [1.165, 1.54) is 18.7 Å². The zero-order valence-corrected chi connectivity index (χ0v) is 18.8. The van der Waals surface area contributed by atoms with Crippen LogP contribution in [0.2, 0.25) is 0 Å². The number of methoxy groups -OCH3 is 1. The topological polar surface area (TPSA) is 73.2 Å². The number of amides is 1. The fourth-order valence-corrected chi connectivity index (χ4v) is 5.24. The summed E-state index contributed by atoms with van der Waals surface area (Å²) in [7, 11) is 1.47. The monoisotopic (exact) mass is 444 g/mol. The van der Waals surface area contributed by atoms with E-state index in [-0.39, 0.29) is 17.7 Å². The number of phenols is 1. The molecule has 0 aromatic heterocycles. The Bertz CT molecular complexity index is 1190. The summed E-state index contributed by atoms with van der Waals surface area (Å²) >= 11 is 0. The molecule has 3 aromatic rings. The zero-order valence-electron chi connectivity index (χ0n) is 18.8. The third-order valence-electron chi connectivity index (χ3n) is 6.87. The Balaban J connectivity index is 1.58. The van der Waals surface area contributed by atoms with Crippen molar-refractivity contribution in [2.24, 2.45) is 0 Å². The highest BCUT2D eigenvalue weighted by Crippen LogP contribution is 2.45. The molecule has 3 atom stereocenters. The van der Waals surface area contributed by atoms with Gasteiger partial charge < -0.3 is 24.7 Å². The van der Waals surface area contributed by atoms with Crippen LogP contribution in [0.5, 0.6) is 11.5 Å². The molecule has 2 heterocycles. The van der Waals surface area contributed by atoms with E-state index in [1.54, 1.807) is 17.0 Å². The number of rotatable bonds is 3. The molecule has 3 aromatic carbocycles. The highest BCUT2D eigenvalue weighted by atomic mass is 16.5. The molecule has 2 N–H and O–H groups in total. The summed E-state index contributed by atoms with van der Waals surface area (Å²) in [6.45, 7) is 2.73. The second kappa shape index (κ2) is 8.45. The molecular weight excluding hydrogens is 416 g/mol. The second-order valence-corrected chi connectivity index (χ2v) is 8.72. The summed E-state index contributed by atoms with van der Waals surface area (Å²) in [4.78, 5) is 17.5. The number of aryl methyl sites for hydroxylation is 1. The highest BCUT2D eigenvalue weighted by molar-refractivity contribution is 6.07. The summed E-state index contributed by atoms with van der Waals surface area (Å²) in [6, 6.07) is 20.1. The Morgan fingerprint density at radius 3 is 2.52 bits per heavy atom. The quantitative estimate of drug-likeness (QED) is 0.630. The molecule has 6 nitrogen and oxygen atoms in total. The number of hydrogen-bond acceptors (Lipinski definition) is 5. The van der Waals surface area contributed by atoms with Crippen molar-refractivity contribution in [3.8, 4) is 11.5 Å². The number of carbonyl (C=O) groups is 1. The van der Waals surface area contributed by atoms with Crippen LogP contribution in [0.25, 0.3) is 0 Å². The molecule has 6 heteroatoms. The van der Waals surface area contributed by atoms with Gasteiger partial charge in [-0.2, -0.15) is 0 Å². The Labute approximate surface area is 193 Å². The van der Waals surface area contributed by atoms with Crippen LogP contribution < -0.4 is 14.5 Å². The first-order valence-corrected chi connectivity index (χ1v) is 11.3. The molecule has 2 aliphatic rings. The third kappa shape index (κ3) is 3.51. The molecule has 3 unspecified atom stereocenters. The molecule has 0 saturated carbocycles. The number of nitrogens with zero attached hydrogens (tertiary/aromatic N) is 2. The van der Waals surface area contributed by atoms with E-state index < -0.39 is 12.1 Å². The van der Waals surface area contributed by atoms with Crippen molar-refractivity contribution < 1.29 is 19.7 Å². The number of anilines is 2. The molecule has 2 aliphatic heterocycles. The number of aromatic hydroxyl groups is 1. The number of fused-ring (bicyclic) bond motifs is 2. The first kappa shape index (κ1) is 21.3. The fourth-order valence-electron chi connectivity index (χ4n) is 5.24. The van der Waals surface area contributed by atoms with E-state index in [4.69, 9.17) is 4.74 Å². The number of aliphatic hydroxyl groups excluding tert-OH is 1. The average molecular weight is 445 g/mol. The maximum atomic E-state index is 13.6. The number of aliphatic hydroxyl groups is 1. The number of benzene rings is 3. The Morgan fingerprint density at radius 1 is 1.03 bits per heavy atom. The predicted octanol–water partition coefficient (Wildman–Crippen LogP) is 4.30. The van der Waals surface area contributed by atoms with E-state index in [2.05, 4.69) is 23.1 Å². The smallest absolute Gasteiger partial charge is 0.258 e. The molecule has 0 radical (unpaired) electrons. The molecule has 0 spiro atoms. The number of hydrogen-bond donors (Lipinski definition) is 2. The minimum absolute atomic E-state index is 0.0929. The summed E-state index contributed by atoms with van der Waals surface area (Å²) in [5.74, 6) is -0.0587. The summed E-state index contributed by atoms with van der Waals surface area (Å²) in [5, 5.41) is 21.8. The van der Waals surface area contributed by atoms with Gasteiger partial charge >= 0.3 is 0 Å². The zero-order chi connectivity index (χ0) is 23.1. The van der Waals surface area contributed by atoms with Gasteiger partial charge in [0.05, 0.1) is 25.3 Å². The Morgan fingerprint density at radius 2 is 1.76 bits per heavy atom. The van der Waals surface area contributed by atoms with E-state index in [0.29, 0.717) is 11.3 Å². The van der Waals surface area contributed by atoms with Gasteiger partial charge in [0.15, 0.2) is 11.5 Å². The van der Waals surface area contributed by atoms with Crippen LogP contribution in [-0.2, 0) is 6.42 Å². The van der Waals surface area contributed by atoms with E-state index in [1.807, 2.05) is 37.3 Å². The third-order valence-corrected chi connectivity index (χ3v) is 6.87. The molecule has 0 bridgehead atoms. The van der Waals surface area contributed by atoms with Crippen molar-refractivity contribution in [1.29, 1.82) is 0 Å². The van der Waals surface area contributed by atoms with Gasteiger partial charge in [-0.1, -0.05) is 36.4 Å². The lowest BCUT2D eigenvalue weighted by molar-refractivity contribution is 0.0835. The van der Waals surface area contributed by atoms with Gasteiger partial charge in [-0.15, -0.1) is 0 Å². The summed E-state index contributed by atoms with van der Waals surface area (Å²) in [5.41, 5.74) is 4.47. The Kier molecular flexibility index (Phi) is 5.46. The van der Waals surface area contributed by atoms with Crippen LogP contribution in [0, 0.1) is 0 Å². The fraction of sp³-hybridized carbons (Fsp3) is 0.296. The molecule has 0 aliphatic carbocycles. The van der Waals surface area contributed by atoms with Gasteiger partial charge in [0.2, 0.25) is 0 Å². The molecule has 1 amide bonds. The maximum Gasteiger partial charge on any atom is 0.258 e. The molecule has 5 rings (SSSR count). The lowest BCUT2D eigenvalue weighted by Gasteiger charge is -2.48. The average Bonchev–Trinajstić information content (AvgIpc) is 2.84. The van der Waals surface area contributed by atoms with Gasteiger partial charge in [-0.3, -0.25) is 4.79 Å².